The zero-order valence-corrected chi connectivity index (χ0v) is 11.5. The quantitative estimate of drug-likeness (QED) is 0.854. The first kappa shape index (κ1) is 13.0. The Morgan fingerprint density at radius 2 is 2.10 bits per heavy atom. The third kappa shape index (κ3) is 2.76. The molecule has 0 radical (unpaired) electrons. The predicted octanol–water partition coefficient (Wildman–Crippen LogP) is 2.70. The van der Waals surface area contributed by atoms with Gasteiger partial charge in [0.2, 0.25) is 11.8 Å². The number of hydrogen-bond donors (Lipinski definition) is 1. The number of aromatic nitrogens is 1. The van der Waals surface area contributed by atoms with E-state index in [9.17, 15) is 4.79 Å². The molecule has 1 aliphatic rings. The van der Waals surface area contributed by atoms with E-state index in [1.54, 1.807) is 12.1 Å². The van der Waals surface area contributed by atoms with Crippen LogP contribution in [-0.4, -0.2) is 22.3 Å². The van der Waals surface area contributed by atoms with Crippen LogP contribution in [0.4, 0.5) is 5.69 Å². The Morgan fingerprint density at radius 1 is 1.25 bits per heavy atom. The lowest BCUT2D eigenvalue weighted by Gasteiger charge is -2.23. The van der Waals surface area contributed by atoms with Crippen molar-refractivity contribution in [2.24, 2.45) is 0 Å². The van der Waals surface area contributed by atoms with Gasteiger partial charge in [-0.05, 0) is 31.0 Å². The first-order valence-corrected chi connectivity index (χ1v) is 7.15. The van der Waals surface area contributed by atoms with Crippen molar-refractivity contribution < 1.29 is 9.21 Å². The summed E-state index contributed by atoms with van der Waals surface area (Å²) in [6.07, 6.45) is 5.02. The molecule has 3 rings (SSSR count). The number of anilines is 1. The van der Waals surface area contributed by atoms with Crippen LogP contribution in [0.15, 0.2) is 22.6 Å². The summed E-state index contributed by atoms with van der Waals surface area (Å²) >= 11 is 0. The van der Waals surface area contributed by atoms with Gasteiger partial charge in [-0.3, -0.25) is 4.79 Å². The van der Waals surface area contributed by atoms with Gasteiger partial charge in [-0.25, -0.2) is 4.98 Å². The van der Waals surface area contributed by atoms with Gasteiger partial charge in [0.05, 0.1) is 6.54 Å². The molecule has 1 fully saturated rings. The molecule has 0 saturated carbocycles. The molecule has 5 nitrogen and oxygen atoms in total. The second-order valence-corrected chi connectivity index (χ2v) is 5.31. The first-order valence-electron chi connectivity index (χ1n) is 7.15. The minimum atomic E-state index is 0.200. The zero-order valence-electron chi connectivity index (χ0n) is 11.5. The van der Waals surface area contributed by atoms with Crippen LogP contribution in [-0.2, 0) is 11.3 Å². The highest BCUT2D eigenvalue weighted by Crippen LogP contribution is 2.20. The molecule has 5 heteroatoms. The summed E-state index contributed by atoms with van der Waals surface area (Å²) in [7, 11) is 0. The van der Waals surface area contributed by atoms with E-state index in [1.165, 1.54) is 6.42 Å². The van der Waals surface area contributed by atoms with Crippen molar-refractivity contribution in [3.63, 3.8) is 0 Å². The topological polar surface area (TPSA) is 72.4 Å². The average Bonchev–Trinajstić information content (AvgIpc) is 2.80. The van der Waals surface area contributed by atoms with Crippen molar-refractivity contribution in [3.05, 3.63) is 24.1 Å². The maximum Gasteiger partial charge on any atom is 0.223 e. The minimum absolute atomic E-state index is 0.200. The molecule has 106 valence electrons. The molecule has 1 aromatic heterocycles. The van der Waals surface area contributed by atoms with Gasteiger partial charge in [0.1, 0.15) is 5.52 Å². The lowest BCUT2D eigenvalue weighted by molar-refractivity contribution is -0.132. The molecule has 1 aliphatic heterocycles. The average molecular weight is 273 g/mol. The number of nitrogens with zero attached hydrogens (tertiary/aromatic N) is 2. The van der Waals surface area contributed by atoms with Gasteiger partial charge >= 0.3 is 0 Å². The summed E-state index contributed by atoms with van der Waals surface area (Å²) in [5.74, 6) is 0.783. The van der Waals surface area contributed by atoms with Gasteiger partial charge in [0.25, 0.3) is 0 Å². The number of carbonyl (C=O) groups is 1. The zero-order chi connectivity index (χ0) is 13.9. The molecule has 0 unspecified atom stereocenters. The van der Waals surface area contributed by atoms with E-state index < -0.39 is 0 Å². The number of hydrogen-bond acceptors (Lipinski definition) is 4. The van der Waals surface area contributed by atoms with Gasteiger partial charge < -0.3 is 15.1 Å². The van der Waals surface area contributed by atoms with Gasteiger partial charge in [-0.1, -0.05) is 12.8 Å². The number of amides is 1. The third-order valence-electron chi connectivity index (χ3n) is 3.70. The van der Waals surface area contributed by atoms with Crippen molar-refractivity contribution in [1.82, 2.24) is 9.88 Å². The Bertz CT molecular complexity index is 621. The van der Waals surface area contributed by atoms with Gasteiger partial charge in [0, 0.05) is 18.7 Å². The summed E-state index contributed by atoms with van der Waals surface area (Å²) in [5, 5.41) is 0. The lowest BCUT2D eigenvalue weighted by Crippen LogP contribution is -2.32. The number of fused-ring (bicyclic) bond motifs is 1. The van der Waals surface area contributed by atoms with E-state index in [4.69, 9.17) is 10.2 Å². The van der Waals surface area contributed by atoms with Crippen LogP contribution in [0.5, 0.6) is 0 Å². The fraction of sp³-hybridized carbons (Fsp3) is 0.467. The molecule has 0 spiro atoms. The van der Waals surface area contributed by atoms with Gasteiger partial charge in [0.15, 0.2) is 5.58 Å². The maximum atomic E-state index is 12.1. The largest absolute Gasteiger partial charge is 0.439 e. The van der Waals surface area contributed by atoms with E-state index in [1.807, 2.05) is 11.0 Å². The van der Waals surface area contributed by atoms with Crippen LogP contribution in [0.3, 0.4) is 0 Å². The fourth-order valence-electron chi connectivity index (χ4n) is 2.61. The predicted molar refractivity (Wildman–Crippen MR) is 76.9 cm³/mol. The van der Waals surface area contributed by atoms with Crippen molar-refractivity contribution in [2.75, 3.05) is 12.3 Å². The molecule has 0 atom stereocenters. The highest BCUT2D eigenvalue weighted by atomic mass is 16.3. The van der Waals surface area contributed by atoms with Crippen molar-refractivity contribution >= 4 is 22.7 Å². The molecular weight excluding hydrogens is 254 g/mol. The summed E-state index contributed by atoms with van der Waals surface area (Å²) in [6.45, 7) is 1.24. The highest BCUT2D eigenvalue weighted by Gasteiger charge is 2.18. The standard InChI is InChI=1S/C15H19N3O2/c16-11-6-7-13-12(9-11)17-14(20-13)10-18-8-4-2-1-3-5-15(18)19/h6-7,9H,1-5,8,10,16H2. The summed E-state index contributed by atoms with van der Waals surface area (Å²) < 4.78 is 5.69. The number of rotatable bonds is 2. The van der Waals surface area contributed by atoms with Crippen molar-refractivity contribution in [3.8, 4) is 0 Å². The lowest BCUT2D eigenvalue weighted by atomic mass is 10.1. The molecule has 1 aromatic carbocycles. The van der Waals surface area contributed by atoms with E-state index in [0.717, 1.165) is 31.3 Å². The molecule has 1 saturated heterocycles. The highest BCUT2D eigenvalue weighted by molar-refractivity contribution is 5.77. The maximum absolute atomic E-state index is 12.1. The number of oxazole rings is 1. The molecule has 2 heterocycles. The summed E-state index contributed by atoms with van der Waals surface area (Å²) in [6, 6.07) is 5.40. The Hall–Kier alpha value is -2.04. The summed E-state index contributed by atoms with van der Waals surface area (Å²) in [4.78, 5) is 18.3. The molecule has 1 amide bonds. The smallest absolute Gasteiger partial charge is 0.223 e. The third-order valence-corrected chi connectivity index (χ3v) is 3.70. The van der Waals surface area contributed by atoms with Crippen molar-refractivity contribution in [1.29, 1.82) is 0 Å². The fourth-order valence-corrected chi connectivity index (χ4v) is 2.61. The molecular formula is C15H19N3O2. The second kappa shape index (κ2) is 5.53. The minimum Gasteiger partial charge on any atom is -0.439 e. The van der Waals surface area contributed by atoms with Crippen LogP contribution in [0.1, 0.15) is 38.0 Å². The molecule has 0 aliphatic carbocycles. The molecule has 20 heavy (non-hydrogen) atoms. The van der Waals surface area contributed by atoms with Gasteiger partial charge in [-0.2, -0.15) is 0 Å². The number of benzene rings is 1. The molecule has 2 N–H and O–H groups in total. The Morgan fingerprint density at radius 3 is 3.00 bits per heavy atom. The van der Waals surface area contributed by atoms with Crippen LogP contribution in [0.2, 0.25) is 0 Å². The van der Waals surface area contributed by atoms with E-state index >= 15 is 0 Å². The van der Waals surface area contributed by atoms with E-state index in [2.05, 4.69) is 4.98 Å². The molecule has 0 bridgehead atoms. The number of carbonyl (C=O) groups excluding carboxylic acids is 1. The Labute approximate surface area is 117 Å². The normalized spacial score (nSPS) is 17.2. The van der Waals surface area contributed by atoms with Crippen molar-refractivity contribution in [2.45, 2.75) is 38.6 Å². The van der Waals surface area contributed by atoms with E-state index in [-0.39, 0.29) is 5.91 Å². The molecule has 2 aromatic rings. The Balaban J connectivity index is 1.78. The van der Waals surface area contributed by atoms with E-state index in [0.29, 0.717) is 30.1 Å². The number of likely N-dealkylation sites (tertiary alicyclic amines) is 1. The Kier molecular flexibility index (Phi) is 3.58. The van der Waals surface area contributed by atoms with Crippen LogP contribution < -0.4 is 5.73 Å². The van der Waals surface area contributed by atoms with Crippen LogP contribution in [0, 0.1) is 0 Å². The van der Waals surface area contributed by atoms with Crippen LogP contribution in [0.25, 0.3) is 11.1 Å². The first-order chi connectivity index (χ1) is 9.72. The monoisotopic (exact) mass is 273 g/mol. The van der Waals surface area contributed by atoms with Crippen LogP contribution >= 0.6 is 0 Å². The summed E-state index contributed by atoms with van der Waals surface area (Å²) in [5.41, 5.74) is 7.86. The number of nitrogens with two attached hydrogens (primary N) is 1. The SMILES string of the molecule is Nc1ccc2oc(CN3CCCCCCC3=O)nc2c1. The second-order valence-electron chi connectivity index (χ2n) is 5.31. The number of nitrogen functional groups attached to an aromatic ring is 1. The van der Waals surface area contributed by atoms with Gasteiger partial charge in [-0.15, -0.1) is 0 Å².